The minimum atomic E-state index is -0.294. The van der Waals surface area contributed by atoms with E-state index in [4.69, 9.17) is 10.2 Å². The molecule has 0 saturated heterocycles. The van der Waals surface area contributed by atoms with Gasteiger partial charge in [-0.15, -0.1) is 10.2 Å². The fraction of sp³-hybridized carbons (Fsp3) is 0.0667. The largest absolute Gasteiger partial charge is 0.469 e. The molecule has 23 heavy (non-hydrogen) atoms. The van der Waals surface area contributed by atoms with Gasteiger partial charge in [-0.25, -0.2) is 0 Å². The Kier molecular flexibility index (Phi) is 3.16. The molecule has 0 aliphatic carbocycles. The number of nitrogens with zero attached hydrogens (tertiary/aromatic N) is 4. The molecule has 0 bridgehead atoms. The zero-order valence-electron chi connectivity index (χ0n) is 11.8. The summed E-state index contributed by atoms with van der Waals surface area (Å²) >= 11 is 1.29. The van der Waals surface area contributed by atoms with Crippen LogP contribution in [0.5, 0.6) is 0 Å². The van der Waals surface area contributed by atoms with E-state index >= 15 is 0 Å². The smallest absolute Gasteiger partial charge is 0.297 e. The second-order valence-electron chi connectivity index (χ2n) is 4.94. The van der Waals surface area contributed by atoms with Gasteiger partial charge >= 0.3 is 0 Å². The Morgan fingerprint density at radius 1 is 1.22 bits per heavy atom. The molecular formula is C15H11N5O2S. The predicted molar refractivity (Wildman–Crippen MR) is 86.3 cm³/mol. The molecule has 0 aliphatic heterocycles. The molecule has 0 aliphatic rings. The SMILES string of the molecule is Nc1cccc(-c2nn3c(=O)c(Cc4ccco4)nnc3s2)c1. The highest BCUT2D eigenvalue weighted by atomic mass is 32.1. The van der Waals surface area contributed by atoms with Crippen LogP contribution in [0.4, 0.5) is 5.69 Å². The molecule has 0 atom stereocenters. The van der Waals surface area contributed by atoms with Crippen LogP contribution < -0.4 is 11.3 Å². The van der Waals surface area contributed by atoms with Gasteiger partial charge in [-0.3, -0.25) is 4.79 Å². The lowest BCUT2D eigenvalue weighted by Crippen LogP contribution is -2.22. The number of aromatic nitrogens is 4. The van der Waals surface area contributed by atoms with Gasteiger partial charge in [0.05, 0.1) is 12.7 Å². The van der Waals surface area contributed by atoms with E-state index in [-0.39, 0.29) is 12.0 Å². The van der Waals surface area contributed by atoms with Crippen LogP contribution in [0, 0.1) is 0 Å². The summed E-state index contributed by atoms with van der Waals surface area (Å²) < 4.78 is 6.52. The van der Waals surface area contributed by atoms with E-state index in [1.165, 1.54) is 15.9 Å². The van der Waals surface area contributed by atoms with Crippen LogP contribution in [-0.2, 0) is 6.42 Å². The van der Waals surface area contributed by atoms with Crippen LogP contribution in [0.3, 0.4) is 0 Å². The lowest BCUT2D eigenvalue weighted by molar-refractivity contribution is 0.517. The van der Waals surface area contributed by atoms with Crippen molar-refractivity contribution in [1.29, 1.82) is 0 Å². The minimum absolute atomic E-state index is 0.285. The topological polar surface area (TPSA) is 99.3 Å². The molecule has 4 rings (SSSR count). The number of furan rings is 1. The Morgan fingerprint density at radius 2 is 2.13 bits per heavy atom. The molecule has 0 saturated carbocycles. The average Bonchev–Trinajstić information content (AvgIpc) is 3.20. The summed E-state index contributed by atoms with van der Waals surface area (Å²) in [6.07, 6.45) is 1.84. The number of nitrogen functional groups attached to an aromatic ring is 1. The number of benzene rings is 1. The van der Waals surface area contributed by atoms with E-state index < -0.39 is 0 Å². The molecule has 1 aromatic carbocycles. The van der Waals surface area contributed by atoms with Crippen LogP contribution in [0.25, 0.3) is 15.5 Å². The van der Waals surface area contributed by atoms with Crippen LogP contribution in [-0.4, -0.2) is 19.8 Å². The fourth-order valence-corrected chi connectivity index (χ4v) is 3.06. The third-order valence-corrected chi connectivity index (χ3v) is 4.26. The molecule has 0 spiro atoms. The average molecular weight is 325 g/mol. The minimum Gasteiger partial charge on any atom is -0.469 e. The molecule has 3 aromatic heterocycles. The molecule has 4 aromatic rings. The Balaban J connectivity index is 1.80. The Labute approximate surface area is 134 Å². The van der Waals surface area contributed by atoms with Gasteiger partial charge in [0.15, 0.2) is 0 Å². The molecule has 0 unspecified atom stereocenters. The predicted octanol–water partition coefficient (Wildman–Crippen LogP) is 1.98. The summed E-state index contributed by atoms with van der Waals surface area (Å²) in [7, 11) is 0. The van der Waals surface area contributed by atoms with Crippen molar-refractivity contribution in [3.63, 3.8) is 0 Å². The van der Waals surface area contributed by atoms with Crippen LogP contribution in [0.15, 0.2) is 51.9 Å². The van der Waals surface area contributed by atoms with Gasteiger partial charge in [-0.2, -0.15) is 9.61 Å². The molecule has 114 valence electrons. The second kappa shape index (κ2) is 5.33. The van der Waals surface area contributed by atoms with E-state index in [0.717, 1.165) is 5.56 Å². The lowest BCUT2D eigenvalue weighted by atomic mass is 10.2. The highest BCUT2D eigenvalue weighted by Crippen LogP contribution is 2.25. The molecule has 7 nitrogen and oxygen atoms in total. The highest BCUT2D eigenvalue weighted by Gasteiger charge is 2.14. The number of anilines is 1. The Bertz CT molecular complexity index is 1040. The van der Waals surface area contributed by atoms with Crippen LogP contribution >= 0.6 is 11.3 Å². The Morgan fingerprint density at radius 3 is 2.91 bits per heavy atom. The lowest BCUT2D eigenvalue weighted by Gasteiger charge is -1.96. The van der Waals surface area contributed by atoms with Crippen molar-refractivity contribution in [2.45, 2.75) is 6.42 Å². The molecule has 3 heterocycles. The van der Waals surface area contributed by atoms with E-state index in [1.54, 1.807) is 30.5 Å². The van der Waals surface area contributed by atoms with Gasteiger partial charge in [-0.1, -0.05) is 23.5 Å². The van der Waals surface area contributed by atoms with Gasteiger partial charge in [0.2, 0.25) is 4.96 Å². The molecule has 0 amide bonds. The first kappa shape index (κ1) is 13.6. The van der Waals surface area contributed by atoms with Gasteiger partial charge in [-0.05, 0) is 24.3 Å². The van der Waals surface area contributed by atoms with E-state index in [9.17, 15) is 4.79 Å². The van der Waals surface area contributed by atoms with Crippen LogP contribution in [0.1, 0.15) is 11.5 Å². The monoisotopic (exact) mass is 325 g/mol. The molecule has 0 radical (unpaired) electrons. The number of hydrogen-bond donors (Lipinski definition) is 1. The van der Waals surface area contributed by atoms with Gasteiger partial charge < -0.3 is 10.2 Å². The zero-order valence-corrected chi connectivity index (χ0v) is 12.7. The normalized spacial score (nSPS) is 11.1. The van der Waals surface area contributed by atoms with Crippen molar-refractivity contribution in [2.24, 2.45) is 0 Å². The molecule has 8 heteroatoms. The number of nitrogens with two attached hydrogens (primary N) is 1. The summed E-state index contributed by atoms with van der Waals surface area (Å²) in [6.45, 7) is 0. The molecular weight excluding hydrogens is 314 g/mol. The van der Waals surface area contributed by atoms with Crippen molar-refractivity contribution in [3.8, 4) is 10.6 Å². The summed E-state index contributed by atoms with van der Waals surface area (Å²) in [5.41, 5.74) is 7.27. The molecule has 2 N–H and O–H groups in total. The van der Waals surface area contributed by atoms with E-state index in [1.807, 2.05) is 12.1 Å². The standard InChI is InChI=1S/C15H11N5O2S/c16-10-4-1-3-9(7-10)13-19-20-14(21)12(17-18-15(20)23-13)8-11-5-2-6-22-11/h1-7H,8,16H2. The second-order valence-corrected chi connectivity index (χ2v) is 5.89. The first-order chi connectivity index (χ1) is 11.2. The summed E-state index contributed by atoms with van der Waals surface area (Å²) in [5.74, 6) is 0.655. The van der Waals surface area contributed by atoms with Gasteiger partial charge in [0, 0.05) is 11.3 Å². The van der Waals surface area contributed by atoms with Gasteiger partial charge in [0.25, 0.3) is 5.56 Å². The fourth-order valence-electron chi connectivity index (χ4n) is 2.22. The third kappa shape index (κ3) is 2.49. The van der Waals surface area contributed by atoms with Crippen molar-refractivity contribution >= 4 is 22.0 Å². The summed E-state index contributed by atoms with van der Waals surface area (Å²) in [5, 5.41) is 13.1. The van der Waals surface area contributed by atoms with Crippen LogP contribution in [0.2, 0.25) is 0 Å². The number of hydrogen-bond acceptors (Lipinski definition) is 7. The Hall–Kier alpha value is -3.00. The maximum absolute atomic E-state index is 12.5. The summed E-state index contributed by atoms with van der Waals surface area (Å²) in [4.78, 5) is 12.9. The van der Waals surface area contributed by atoms with Crippen molar-refractivity contribution < 1.29 is 4.42 Å². The first-order valence-corrected chi connectivity index (χ1v) is 7.66. The maximum Gasteiger partial charge on any atom is 0.297 e. The zero-order chi connectivity index (χ0) is 15.8. The first-order valence-electron chi connectivity index (χ1n) is 6.84. The van der Waals surface area contributed by atoms with E-state index in [0.29, 0.717) is 27.1 Å². The van der Waals surface area contributed by atoms with Gasteiger partial charge in [0.1, 0.15) is 16.5 Å². The van der Waals surface area contributed by atoms with Crippen molar-refractivity contribution in [1.82, 2.24) is 19.8 Å². The van der Waals surface area contributed by atoms with Crippen molar-refractivity contribution in [3.05, 3.63) is 64.5 Å². The molecule has 0 fully saturated rings. The number of rotatable bonds is 3. The highest BCUT2D eigenvalue weighted by molar-refractivity contribution is 7.19. The third-order valence-electron chi connectivity index (χ3n) is 3.31. The summed E-state index contributed by atoms with van der Waals surface area (Å²) in [6, 6.07) is 10.9. The van der Waals surface area contributed by atoms with Crippen molar-refractivity contribution in [2.75, 3.05) is 5.73 Å². The maximum atomic E-state index is 12.5. The van der Waals surface area contributed by atoms with E-state index in [2.05, 4.69) is 15.3 Å². The quantitative estimate of drug-likeness (QED) is 0.578. The number of fused-ring (bicyclic) bond motifs is 1.